The van der Waals surface area contributed by atoms with E-state index in [0.717, 1.165) is 50.0 Å². The Morgan fingerprint density at radius 3 is 2.39 bits per heavy atom. The van der Waals surface area contributed by atoms with E-state index in [1.54, 1.807) is 0 Å². The maximum absolute atomic E-state index is 12.5. The lowest BCUT2D eigenvalue weighted by molar-refractivity contribution is -0.129. The lowest BCUT2D eigenvalue weighted by Gasteiger charge is -2.36. The third kappa shape index (κ3) is 2.99. The average molecular weight is 286 g/mol. The van der Waals surface area contributed by atoms with E-state index in [-0.39, 0.29) is 5.91 Å². The third-order valence-electron chi connectivity index (χ3n) is 4.17. The second kappa shape index (κ2) is 6.24. The Morgan fingerprint density at radius 2 is 1.83 bits per heavy atom. The SMILES string of the molecule is NC(=S)C1(C(=O)NC2CCSCC2)CCCCC1. The van der Waals surface area contributed by atoms with Crippen molar-refractivity contribution in [1.82, 2.24) is 5.32 Å². The zero-order valence-corrected chi connectivity index (χ0v) is 12.4. The summed E-state index contributed by atoms with van der Waals surface area (Å²) in [5.41, 5.74) is 5.32. The zero-order valence-electron chi connectivity index (χ0n) is 10.7. The first-order valence-corrected chi connectivity index (χ1v) is 8.40. The maximum atomic E-state index is 12.5. The molecule has 102 valence electrons. The molecule has 1 aliphatic heterocycles. The van der Waals surface area contributed by atoms with Crippen molar-refractivity contribution in [2.24, 2.45) is 11.1 Å². The molecule has 0 unspecified atom stereocenters. The Morgan fingerprint density at radius 1 is 1.22 bits per heavy atom. The molecule has 0 bridgehead atoms. The van der Waals surface area contributed by atoms with Crippen LogP contribution in [0.2, 0.25) is 0 Å². The van der Waals surface area contributed by atoms with Crippen LogP contribution in [0.4, 0.5) is 0 Å². The fraction of sp³-hybridized carbons (Fsp3) is 0.846. The fourth-order valence-electron chi connectivity index (χ4n) is 2.91. The van der Waals surface area contributed by atoms with Gasteiger partial charge in [0.2, 0.25) is 5.91 Å². The van der Waals surface area contributed by atoms with E-state index in [4.69, 9.17) is 18.0 Å². The van der Waals surface area contributed by atoms with Gasteiger partial charge in [-0.05, 0) is 37.2 Å². The van der Waals surface area contributed by atoms with Crippen molar-refractivity contribution in [3.63, 3.8) is 0 Å². The van der Waals surface area contributed by atoms with Gasteiger partial charge in [0.15, 0.2) is 0 Å². The third-order valence-corrected chi connectivity index (χ3v) is 5.61. The van der Waals surface area contributed by atoms with Gasteiger partial charge in [-0.3, -0.25) is 4.79 Å². The van der Waals surface area contributed by atoms with E-state index >= 15 is 0 Å². The number of rotatable bonds is 3. The highest BCUT2D eigenvalue weighted by Gasteiger charge is 2.42. The molecule has 1 saturated heterocycles. The lowest BCUT2D eigenvalue weighted by atomic mass is 9.73. The predicted octanol–water partition coefficient (Wildman–Crippen LogP) is 2.23. The molecule has 2 aliphatic rings. The van der Waals surface area contributed by atoms with Gasteiger partial charge in [-0.2, -0.15) is 11.8 Å². The summed E-state index contributed by atoms with van der Waals surface area (Å²) in [5.74, 6) is 2.38. The summed E-state index contributed by atoms with van der Waals surface area (Å²) in [5, 5.41) is 3.19. The number of nitrogens with one attached hydrogen (secondary N) is 1. The zero-order chi connectivity index (χ0) is 13.0. The van der Waals surface area contributed by atoms with Gasteiger partial charge in [0, 0.05) is 6.04 Å². The topological polar surface area (TPSA) is 55.1 Å². The average Bonchev–Trinajstić information content (AvgIpc) is 2.40. The van der Waals surface area contributed by atoms with Gasteiger partial charge in [0.05, 0.1) is 10.4 Å². The summed E-state index contributed by atoms with van der Waals surface area (Å²) in [4.78, 5) is 12.9. The van der Waals surface area contributed by atoms with Crippen LogP contribution < -0.4 is 11.1 Å². The van der Waals surface area contributed by atoms with E-state index in [1.807, 2.05) is 11.8 Å². The van der Waals surface area contributed by atoms with Crippen LogP contribution in [0.5, 0.6) is 0 Å². The van der Waals surface area contributed by atoms with Crippen LogP contribution in [-0.4, -0.2) is 28.4 Å². The smallest absolute Gasteiger partial charge is 0.233 e. The second-order valence-corrected chi connectivity index (χ2v) is 7.03. The highest BCUT2D eigenvalue weighted by Crippen LogP contribution is 2.37. The van der Waals surface area contributed by atoms with Gasteiger partial charge < -0.3 is 11.1 Å². The molecule has 0 radical (unpaired) electrons. The van der Waals surface area contributed by atoms with Crippen LogP contribution in [0.15, 0.2) is 0 Å². The van der Waals surface area contributed by atoms with Crippen molar-refractivity contribution in [1.29, 1.82) is 0 Å². The van der Waals surface area contributed by atoms with Crippen molar-refractivity contribution >= 4 is 34.9 Å². The molecule has 5 heteroatoms. The molecule has 3 N–H and O–H groups in total. The Balaban J connectivity index is 2.01. The van der Waals surface area contributed by atoms with E-state index in [1.165, 1.54) is 6.42 Å². The number of hydrogen-bond donors (Lipinski definition) is 2. The van der Waals surface area contributed by atoms with E-state index in [2.05, 4.69) is 5.32 Å². The Hall–Kier alpha value is -0.290. The van der Waals surface area contributed by atoms with Crippen molar-refractivity contribution in [3.8, 4) is 0 Å². The first-order chi connectivity index (χ1) is 8.65. The normalized spacial score (nSPS) is 24.4. The van der Waals surface area contributed by atoms with Crippen molar-refractivity contribution < 1.29 is 4.79 Å². The first-order valence-electron chi connectivity index (χ1n) is 6.84. The highest BCUT2D eigenvalue weighted by molar-refractivity contribution is 7.99. The molecule has 1 aliphatic carbocycles. The fourth-order valence-corrected chi connectivity index (χ4v) is 4.31. The van der Waals surface area contributed by atoms with Crippen molar-refractivity contribution in [3.05, 3.63) is 0 Å². The molecule has 0 spiro atoms. The van der Waals surface area contributed by atoms with Crippen molar-refractivity contribution in [2.45, 2.75) is 51.0 Å². The molecular formula is C13H22N2OS2. The minimum atomic E-state index is -0.557. The molecule has 0 atom stereocenters. The van der Waals surface area contributed by atoms with Crippen LogP contribution in [0.25, 0.3) is 0 Å². The Bertz CT molecular complexity index is 321. The molecule has 3 nitrogen and oxygen atoms in total. The lowest BCUT2D eigenvalue weighted by Crippen LogP contribution is -2.53. The highest BCUT2D eigenvalue weighted by atomic mass is 32.2. The van der Waals surface area contributed by atoms with E-state index < -0.39 is 5.41 Å². The van der Waals surface area contributed by atoms with Crippen LogP contribution in [0, 0.1) is 5.41 Å². The van der Waals surface area contributed by atoms with Crippen LogP contribution in [0.3, 0.4) is 0 Å². The van der Waals surface area contributed by atoms with Crippen LogP contribution in [-0.2, 0) is 4.79 Å². The summed E-state index contributed by atoms with van der Waals surface area (Å²) >= 11 is 7.15. The van der Waals surface area contributed by atoms with Gasteiger partial charge in [-0.1, -0.05) is 31.5 Å². The monoisotopic (exact) mass is 286 g/mol. The van der Waals surface area contributed by atoms with Gasteiger partial charge >= 0.3 is 0 Å². The molecule has 2 rings (SSSR count). The number of nitrogens with two attached hydrogens (primary N) is 1. The second-order valence-electron chi connectivity index (χ2n) is 5.37. The minimum Gasteiger partial charge on any atom is -0.392 e. The molecule has 0 aromatic heterocycles. The van der Waals surface area contributed by atoms with Gasteiger partial charge in [0.25, 0.3) is 0 Å². The summed E-state index contributed by atoms with van der Waals surface area (Å²) in [6, 6.07) is 0.326. The predicted molar refractivity (Wildman–Crippen MR) is 80.8 cm³/mol. The molecule has 1 amide bonds. The summed E-state index contributed by atoms with van der Waals surface area (Å²) in [6.45, 7) is 0. The van der Waals surface area contributed by atoms with E-state index in [9.17, 15) is 4.79 Å². The molecule has 0 aromatic rings. The molecule has 1 heterocycles. The van der Waals surface area contributed by atoms with Gasteiger partial charge in [-0.25, -0.2) is 0 Å². The molecule has 1 saturated carbocycles. The standard InChI is InChI=1S/C13H22N2OS2/c14-11(17)13(6-2-1-3-7-13)12(16)15-10-4-8-18-9-5-10/h10H,1-9H2,(H2,14,17)(H,15,16). The summed E-state index contributed by atoms with van der Waals surface area (Å²) in [6.07, 6.45) is 7.12. The Kier molecular flexibility index (Phi) is 4.90. The van der Waals surface area contributed by atoms with Gasteiger partial charge in [-0.15, -0.1) is 0 Å². The molecular weight excluding hydrogens is 264 g/mol. The maximum Gasteiger partial charge on any atom is 0.233 e. The quantitative estimate of drug-likeness (QED) is 0.781. The molecule has 18 heavy (non-hydrogen) atoms. The first kappa shape index (κ1) is 14.1. The Labute approximate surface area is 119 Å². The van der Waals surface area contributed by atoms with E-state index in [0.29, 0.717) is 11.0 Å². The number of carbonyl (C=O) groups excluding carboxylic acids is 1. The van der Waals surface area contributed by atoms with Gasteiger partial charge in [0.1, 0.15) is 0 Å². The minimum absolute atomic E-state index is 0.0894. The molecule has 0 aromatic carbocycles. The number of amides is 1. The molecule has 2 fully saturated rings. The largest absolute Gasteiger partial charge is 0.392 e. The van der Waals surface area contributed by atoms with Crippen molar-refractivity contribution in [2.75, 3.05) is 11.5 Å². The number of carbonyl (C=O) groups is 1. The number of thioether (sulfide) groups is 1. The van der Waals surface area contributed by atoms with Crippen LogP contribution in [0.1, 0.15) is 44.9 Å². The number of hydrogen-bond acceptors (Lipinski definition) is 3. The number of thiocarbonyl (C=S) groups is 1. The summed E-state index contributed by atoms with van der Waals surface area (Å²) in [7, 11) is 0. The van der Waals surface area contributed by atoms with Crippen LogP contribution >= 0.6 is 24.0 Å². The summed E-state index contributed by atoms with van der Waals surface area (Å²) < 4.78 is 0.